The molecule has 6 heteroatoms. The Bertz CT molecular complexity index is 745. The lowest BCUT2D eigenvalue weighted by molar-refractivity contribution is 0.0944. The Balaban J connectivity index is 2.10. The molecule has 0 unspecified atom stereocenters. The minimum atomic E-state index is -3.19. The minimum Gasteiger partial charge on any atom is -0.345 e. The van der Waals surface area contributed by atoms with Crippen LogP contribution in [0, 0.1) is 6.92 Å². The highest BCUT2D eigenvalue weighted by molar-refractivity contribution is 7.90. The monoisotopic (exact) mass is 323 g/mol. The number of rotatable bonds is 4. The fourth-order valence-corrected chi connectivity index (χ4v) is 3.31. The van der Waals surface area contributed by atoms with Crippen LogP contribution >= 0.6 is 11.3 Å². The molecule has 1 heterocycles. The number of aryl methyl sites for hydroxylation is 1. The first-order valence-corrected chi connectivity index (χ1v) is 9.15. The summed E-state index contributed by atoms with van der Waals surface area (Å²) >= 11 is 1.45. The Morgan fingerprint density at radius 2 is 1.76 bits per heavy atom. The zero-order valence-corrected chi connectivity index (χ0v) is 13.7. The molecule has 0 aliphatic rings. The van der Waals surface area contributed by atoms with Gasteiger partial charge in [0.05, 0.1) is 15.8 Å². The quantitative estimate of drug-likeness (QED) is 0.941. The van der Waals surface area contributed by atoms with Crippen molar-refractivity contribution in [2.45, 2.75) is 24.8 Å². The summed E-state index contributed by atoms with van der Waals surface area (Å²) in [6.45, 7) is 3.82. The van der Waals surface area contributed by atoms with Crippen LogP contribution in [0.4, 0.5) is 0 Å². The summed E-state index contributed by atoms with van der Waals surface area (Å²) in [7, 11) is -3.19. The van der Waals surface area contributed by atoms with Crippen LogP contribution in [0.25, 0.3) is 0 Å². The van der Waals surface area contributed by atoms with Crippen molar-refractivity contribution in [3.05, 3.63) is 51.7 Å². The van der Waals surface area contributed by atoms with E-state index in [1.807, 2.05) is 19.9 Å². The van der Waals surface area contributed by atoms with E-state index in [0.717, 1.165) is 10.4 Å². The summed E-state index contributed by atoms with van der Waals surface area (Å²) in [5.74, 6) is -0.118. The van der Waals surface area contributed by atoms with Gasteiger partial charge in [-0.3, -0.25) is 4.79 Å². The van der Waals surface area contributed by atoms with Crippen molar-refractivity contribution >= 4 is 27.1 Å². The van der Waals surface area contributed by atoms with Gasteiger partial charge in [0.1, 0.15) is 0 Å². The van der Waals surface area contributed by atoms with E-state index in [4.69, 9.17) is 0 Å². The molecule has 0 fully saturated rings. The van der Waals surface area contributed by atoms with Crippen molar-refractivity contribution in [2.24, 2.45) is 0 Å². The Kier molecular flexibility index (Phi) is 4.49. The second-order valence-electron chi connectivity index (χ2n) is 4.95. The number of thiophene rings is 1. The summed E-state index contributed by atoms with van der Waals surface area (Å²) in [5.41, 5.74) is 0.865. The average Bonchev–Trinajstić information content (AvgIpc) is 2.84. The third-order valence-electron chi connectivity index (χ3n) is 3.12. The van der Waals surface area contributed by atoms with Gasteiger partial charge in [0, 0.05) is 11.1 Å². The van der Waals surface area contributed by atoms with Crippen LogP contribution in [0.2, 0.25) is 0 Å². The molecule has 1 amide bonds. The Labute approximate surface area is 128 Å². The van der Waals surface area contributed by atoms with E-state index in [-0.39, 0.29) is 16.8 Å². The van der Waals surface area contributed by atoms with Gasteiger partial charge in [-0.05, 0) is 43.7 Å². The van der Waals surface area contributed by atoms with Crippen LogP contribution in [-0.2, 0) is 9.84 Å². The molecule has 112 valence electrons. The van der Waals surface area contributed by atoms with Gasteiger partial charge < -0.3 is 5.32 Å². The molecule has 1 atom stereocenters. The van der Waals surface area contributed by atoms with E-state index < -0.39 is 9.84 Å². The molecule has 0 bridgehead atoms. The summed E-state index contributed by atoms with van der Waals surface area (Å²) in [6, 6.07) is 10.1. The summed E-state index contributed by atoms with van der Waals surface area (Å²) in [5, 5.41) is 2.91. The summed E-state index contributed by atoms with van der Waals surface area (Å²) < 4.78 is 22.8. The lowest BCUT2D eigenvalue weighted by Gasteiger charge is -2.14. The molecular formula is C15H17NO3S2. The maximum atomic E-state index is 12.1. The van der Waals surface area contributed by atoms with Crippen LogP contribution in [-0.4, -0.2) is 20.6 Å². The minimum absolute atomic E-state index is 0.118. The highest BCUT2D eigenvalue weighted by Crippen LogP contribution is 2.19. The number of amides is 1. The van der Waals surface area contributed by atoms with Crippen molar-refractivity contribution in [1.82, 2.24) is 5.32 Å². The Hall–Kier alpha value is -1.66. The zero-order valence-electron chi connectivity index (χ0n) is 12.1. The van der Waals surface area contributed by atoms with Gasteiger partial charge in [0.2, 0.25) is 0 Å². The van der Waals surface area contributed by atoms with Gasteiger partial charge in [-0.15, -0.1) is 11.3 Å². The number of benzene rings is 1. The van der Waals surface area contributed by atoms with E-state index >= 15 is 0 Å². The van der Waals surface area contributed by atoms with Crippen LogP contribution in [0.5, 0.6) is 0 Å². The van der Waals surface area contributed by atoms with Crippen LogP contribution in [0.3, 0.4) is 0 Å². The molecule has 0 saturated heterocycles. The maximum absolute atomic E-state index is 12.1. The first-order valence-electron chi connectivity index (χ1n) is 6.44. The van der Waals surface area contributed by atoms with Crippen molar-refractivity contribution in [1.29, 1.82) is 0 Å². The zero-order chi connectivity index (χ0) is 15.6. The van der Waals surface area contributed by atoms with E-state index in [0.29, 0.717) is 4.88 Å². The standard InChI is InChI=1S/C15H17NO3S2/c1-10-4-9-14(20-10)15(17)16-11(2)12-5-7-13(8-6-12)21(3,18)19/h4-9,11H,1-3H3,(H,16,17)/t11-/m1/s1. The lowest BCUT2D eigenvalue weighted by atomic mass is 10.1. The SMILES string of the molecule is Cc1ccc(C(=O)N[C@H](C)c2ccc(S(C)(=O)=O)cc2)s1. The van der Waals surface area contributed by atoms with Crippen molar-refractivity contribution < 1.29 is 13.2 Å². The van der Waals surface area contributed by atoms with E-state index in [2.05, 4.69) is 5.32 Å². The largest absolute Gasteiger partial charge is 0.345 e. The molecule has 0 aliphatic carbocycles. The molecule has 1 aromatic heterocycles. The van der Waals surface area contributed by atoms with Crippen molar-refractivity contribution in [3.8, 4) is 0 Å². The van der Waals surface area contributed by atoms with Gasteiger partial charge in [-0.25, -0.2) is 8.42 Å². The number of carbonyl (C=O) groups excluding carboxylic acids is 1. The second-order valence-corrected chi connectivity index (χ2v) is 8.25. The highest BCUT2D eigenvalue weighted by Gasteiger charge is 2.14. The fraction of sp³-hybridized carbons (Fsp3) is 0.267. The first kappa shape index (κ1) is 15.7. The maximum Gasteiger partial charge on any atom is 0.261 e. The third-order valence-corrected chi connectivity index (χ3v) is 5.25. The predicted molar refractivity (Wildman–Crippen MR) is 84.5 cm³/mol. The summed E-state index contributed by atoms with van der Waals surface area (Å²) in [4.78, 5) is 14.1. The number of hydrogen-bond donors (Lipinski definition) is 1. The Morgan fingerprint density at radius 3 is 2.24 bits per heavy atom. The summed E-state index contributed by atoms with van der Waals surface area (Å²) in [6.07, 6.45) is 1.17. The molecule has 2 rings (SSSR count). The predicted octanol–water partition coefficient (Wildman–Crippen LogP) is 2.95. The molecule has 4 nitrogen and oxygen atoms in total. The van der Waals surface area contributed by atoms with Gasteiger partial charge >= 0.3 is 0 Å². The molecule has 21 heavy (non-hydrogen) atoms. The molecule has 0 spiro atoms. The van der Waals surface area contributed by atoms with Gasteiger partial charge in [-0.1, -0.05) is 12.1 Å². The van der Waals surface area contributed by atoms with E-state index in [1.165, 1.54) is 17.6 Å². The van der Waals surface area contributed by atoms with Crippen LogP contribution < -0.4 is 5.32 Å². The van der Waals surface area contributed by atoms with E-state index in [1.54, 1.807) is 30.3 Å². The highest BCUT2D eigenvalue weighted by atomic mass is 32.2. The molecule has 2 aromatic rings. The molecule has 0 aliphatic heterocycles. The van der Waals surface area contributed by atoms with Crippen LogP contribution in [0.15, 0.2) is 41.3 Å². The van der Waals surface area contributed by atoms with Gasteiger partial charge in [0.25, 0.3) is 5.91 Å². The first-order chi connectivity index (χ1) is 9.77. The van der Waals surface area contributed by atoms with Crippen LogP contribution in [0.1, 0.15) is 33.1 Å². The number of nitrogens with one attached hydrogen (secondary N) is 1. The average molecular weight is 323 g/mol. The smallest absolute Gasteiger partial charge is 0.261 e. The Morgan fingerprint density at radius 1 is 1.14 bits per heavy atom. The normalized spacial score (nSPS) is 12.9. The lowest BCUT2D eigenvalue weighted by Crippen LogP contribution is -2.25. The van der Waals surface area contributed by atoms with Gasteiger partial charge in [0.15, 0.2) is 9.84 Å². The molecule has 1 N–H and O–H groups in total. The van der Waals surface area contributed by atoms with Crippen molar-refractivity contribution in [3.63, 3.8) is 0 Å². The van der Waals surface area contributed by atoms with Crippen molar-refractivity contribution in [2.75, 3.05) is 6.26 Å². The molecule has 0 saturated carbocycles. The molecular weight excluding hydrogens is 306 g/mol. The number of hydrogen-bond acceptors (Lipinski definition) is 4. The van der Waals surface area contributed by atoms with Gasteiger partial charge in [-0.2, -0.15) is 0 Å². The van der Waals surface area contributed by atoms with E-state index in [9.17, 15) is 13.2 Å². The molecule has 0 radical (unpaired) electrons. The third kappa shape index (κ3) is 3.92. The fourth-order valence-electron chi connectivity index (χ4n) is 1.91. The number of carbonyl (C=O) groups is 1. The number of sulfone groups is 1. The second kappa shape index (κ2) is 5.99. The topological polar surface area (TPSA) is 63.2 Å². The molecule has 1 aromatic carbocycles.